The van der Waals surface area contributed by atoms with Crippen molar-refractivity contribution in [2.75, 3.05) is 20.3 Å². The number of methoxy groups -OCH3 is 1. The molecule has 7 nitrogen and oxygen atoms in total. The second kappa shape index (κ2) is 11.0. The fourth-order valence-corrected chi connectivity index (χ4v) is 5.13. The quantitative estimate of drug-likeness (QED) is 0.396. The number of aromatic nitrogens is 1. The number of benzene rings is 2. The van der Waals surface area contributed by atoms with Gasteiger partial charge in [-0.1, -0.05) is 41.1 Å². The van der Waals surface area contributed by atoms with Gasteiger partial charge >= 0.3 is 12.1 Å². The number of ether oxygens (including phenoxy) is 3. The van der Waals surface area contributed by atoms with Crippen molar-refractivity contribution < 1.29 is 32.2 Å². The predicted molar refractivity (Wildman–Crippen MR) is 136 cm³/mol. The van der Waals surface area contributed by atoms with E-state index in [4.69, 9.17) is 25.8 Å². The third-order valence-electron chi connectivity index (χ3n) is 5.57. The van der Waals surface area contributed by atoms with Crippen molar-refractivity contribution in [1.82, 2.24) is 4.57 Å². The third kappa shape index (κ3) is 5.34. The average Bonchev–Trinajstić information content (AvgIpc) is 3.18. The molecule has 0 amide bonds. The maximum Gasteiger partial charge on any atom is 0.434 e. The Kier molecular flexibility index (Phi) is 7.98. The van der Waals surface area contributed by atoms with Gasteiger partial charge in [0.05, 0.1) is 36.5 Å². The molecule has 2 aromatic carbocycles. The molecule has 0 fully saturated rings. The molecule has 0 aliphatic carbocycles. The van der Waals surface area contributed by atoms with Crippen LogP contribution in [-0.4, -0.2) is 37.0 Å². The third-order valence-corrected chi connectivity index (χ3v) is 6.80. The Bertz CT molecular complexity index is 1580. The van der Waals surface area contributed by atoms with Crippen molar-refractivity contribution in [2.45, 2.75) is 26.1 Å². The second-order valence-corrected chi connectivity index (χ2v) is 9.40. The normalized spacial score (nSPS) is 15.7. The summed E-state index contributed by atoms with van der Waals surface area (Å²) >= 11 is 6.77. The molecular formula is C26H22ClF3N2O5S. The Morgan fingerprint density at radius 3 is 2.45 bits per heavy atom. The molecule has 0 unspecified atom stereocenters. The molecule has 2 heterocycles. The molecule has 1 aliphatic heterocycles. The predicted octanol–water partition coefficient (Wildman–Crippen LogP) is 4.40. The lowest BCUT2D eigenvalue weighted by molar-refractivity contribution is -0.140. The highest BCUT2D eigenvalue weighted by Crippen LogP contribution is 2.38. The van der Waals surface area contributed by atoms with Gasteiger partial charge in [-0.25, -0.2) is 9.79 Å². The van der Waals surface area contributed by atoms with E-state index < -0.39 is 35.0 Å². The fourth-order valence-electron chi connectivity index (χ4n) is 4.00. The van der Waals surface area contributed by atoms with Crippen molar-refractivity contribution in [3.05, 3.63) is 89.6 Å². The van der Waals surface area contributed by atoms with Gasteiger partial charge in [0.2, 0.25) is 0 Å². The average molecular weight is 567 g/mol. The maximum atomic E-state index is 14.2. The van der Waals surface area contributed by atoms with Crippen LogP contribution < -0.4 is 24.4 Å². The number of halogens is 4. The first-order valence-electron chi connectivity index (χ1n) is 11.5. The molecule has 3 aromatic rings. The monoisotopic (exact) mass is 566 g/mol. The SMILES string of the molecule is CCOC(=O)C1=C(C(F)(F)F)N=c2s/c(=C\c3ccc(OC)c(OCC)c3)c(=O)n2[C@@H]1c1ccc(Cl)cc1. The number of fused-ring (bicyclic) bond motifs is 1. The molecule has 0 spiro atoms. The van der Waals surface area contributed by atoms with E-state index in [1.165, 1.54) is 44.4 Å². The molecular weight excluding hydrogens is 545 g/mol. The van der Waals surface area contributed by atoms with Crippen LogP contribution in [0.1, 0.15) is 31.0 Å². The highest BCUT2D eigenvalue weighted by molar-refractivity contribution is 7.07. The van der Waals surface area contributed by atoms with E-state index in [0.717, 1.165) is 15.9 Å². The van der Waals surface area contributed by atoms with Gasteiger partial charge in [0.1, 0.15) is 0 Å². The van der Waals surface area contributed by atoms with Crippen molar-refractivity contribution in [2.24, 2.45) is 4.99 Å². The van der Waals surface area contributed by atoms with Crippen molar-refractivity contribution in [1.29, 1.82) is 0 Å². The molecule has 200 valence electrons. The Labute approximate surface area is 224 Å². The molecule has 0 N–H and O–H groups in total. The summed E-state index contributed by atoms with van der Waals surface area (Å²) in [6, 6.07) is 9.41. The van der Waals surface area contributed by atoms with E-state index in [0.29, 0.717) is 28.7 Å². The van der Waals surface area contributed by atoms with Crippen LogP contribution in [0.4, 0.5) is 13.2 Å². The Morgan fingerprint density at radius 1 is 1.13 bits per heavy atom. The largest absolute Gasteiger partial charge is 0.493 e. The Hall–Kier alpha value is -3.57. The number of esters is 1. The lowest BCUT2D eigenvalue weighted by Gasteiger charge is -2.26. The summed E-state index contributed by atoms with van der Waals surface area (Å²) in [5.74, 6) is -0.282. The van der Waals surface area contributed by atoms with Gasteiger partial charge in [0.15, 0.2) is 22.0 Å². The number of thiazole rings is 1. The molecule has 38 heavy (non-hydrogen) atoms. The Balaban J connectivity index is 2.00. The van der Waals surface area contributed by atoms with Gasteiger partial charge in [0.25, 0.3) is 5.56 Å². The molecule has 0 saturated heterocycles. The van der Waals surface area contributed by atoms with Gasteiger partial charge in [-0.15, -0.1) is 0 Å². The van der Waals surface area contributed by atoms with E-state index in [9.17, 15) is 22.8 Å². The summed E-state index contributed by atoms with van der Waals surface area (Å²) in [4.78, 5) is 30.0. The smallest absolute Gasteiger partial charge is 0.434 e. The molecule has 1 aliphatic rings. The van der Waals surface area contributed by atoms with Crippen LogP contribution in [0.15, 0.2) is 63.5 Å². The van der Waals surface area contributed by atoms with Crippen molar-refractivity contribution in [3.63, 3.8) is 0 Å². The lowest BCUT2D eigenvalue weighted by Crippen LogP contribution is -2.41. The minimum Gasteiger partial charge on any atom is -0.493 e. The molecule has 0 bridgehead atoms. The number of nitrogens with zero attached hydrogens (tertiary/aromatic N) is 2. The summed E-state index contributed by atoms with van der Waals surface area (Å²) in [5.41, 5.74) is -2.01. The van der Waals surface area contributed by atoms with Crippen LogP contribution in [0.25, 0.3) is 6.08 Å². The number of carbonyl (C=O) groups excluding carboxylic acids is 1. The zero-order valence-corrected chi connectivity index (χ0v) is 22.0. The molecule has 0 radical (unpaired) electrons. The summed E-state index contributed by atoms with van der Waals surface area (Å²) < 4.78 is 59.6. The fraction of sp³-hybridized carbons (Fsp3) is 0.269. The minimum absolute atomic E-state index is 0.113. The number of alkyl halides is 3. The first kappa shape index (κ1) is 27.5. The highest BCUT2D eigenvalue weighted by atomic mass is 35.5. The topological polar surface area (TPSA) is 79.1 Å². The highest BCUT2D eigenvalue weighted by Gasteiger charge is 2.45. The van der Waals surface area contributed by atoms with Gasteiger partial charge in [-0.05, 0) is 55.3 Å². The zero-order valence-electron chi connectivity index (χ0n) is 20.5. The summed E-state index contributed by atoms with van der Waals surface area (Å²) in [5, 5.41) is 0.337. The Morgan fingerprint density at radius 2 is 1.84 bits per heavy atom. The number of rotatable bonds is 7. The first-order chi connectivity index (χ1) is 18.1. The van der Waals surface area contributed by atoms with E-state index in [1.54, 1.807) is 25.1 Å². The van der Waals surface area contributed by atoms with Crippen molar-refractivity contribution >= 4 is 35.0 Å². The summed E-state index contributed by atoms with van der Waals surface area (Å²) in [7, 11) is 1.49. The van der Waals surface area contributed by atoms with E-state index in [-0.39, 0.29) is 21.5 Å². The van der Waals surface area contributed by atoms with E-state index >= 15 is 0 Å². The minimum atomic E-state index is -4.98. The van der Waals surface area contributed by atoms with Gasteiger partial charge in [-0.3, -0.25) is 9.36 Å². The maximum absolute atomic E-state index is 14.2. The van der Waals surface area contributed by atoms with Crippen molar-refractivity contribution in [3.8, 4) is 11.5 Å². The standard InChI is InChI=1S/C26H22ClF3N2O5S/c1-4-36-18-12-14(6-11-17(18)35-3)13-19-23(33)32-21(15-7-9-16(27)10-8-15)20(24(34)37-5-2)22(26(28,29)30)31-25(32)38-19/h6-13,21H,4-5H2,1-3H3/b19-13-/t21-/m1/s1. The second-order valence-electron chi connectivity index (χ2n) is 7.96. The first-order valence-corrected chi connectivity index (χ1v) is 12.6. The van der Waals surface area contributed by atoms with Crippen LogP contribution in [0, 0.1) is 0 Å². The molecule has 12 heteroatoms. The van der Waals surface area contributed by atoms with Crippen LogP contribution in [-0.2, 0) is 9.53 Å². The summed E-state index contributed by atoms with van der Waals surface area (Å²) in [6.07, 6.45) is -3.46. The van der Waals surface area contributed by atoms with Crippen LogP contribution >= 0.6 is 22.9 Å². The zero-order chi connectivity index (χ0) is 27.6. The van der Waals surface area contributed by atoms with Crippen LogP contribution in [0.2, 0.25) is 5.02 Å². The van der Waals surface area contributed by atoms with E-state index in [1.807, 2.05) is 0 Å². The molecule has 1 atom stereocenters. The van der Waals surface area contributed by atoms with Crippen LogP contribution in [0.5, 0.6) is 11.5 Å². The van der Waals surface area contributed by atoms with Gasteiger partial charge in [-0.2, -0.15) is 13.2 Å². The van der Waals surface area contributed by atoms with E-state index in [2.05, 4.69) is 4.99 Å². The lowest BCUT2D eigenvalue weighted by atomic mass is 9.95. The summed E-state index contributed by atoms with van der Waals surface area (Å²) in [6.45, 7) is 3.49. The molecule has 1 aromatic heterocycles. The number of carbonyl (C=O) groups is 1. The number of allylic oxidation sites excluding steroid dienone is 1. The van der Waals surface area contributed by atoms with Gasteiger partial charge in [0, 0.05) is 5.02 Å². The number of hydrogen-bond acceptors (Lipinski definition) is 7. The van der Waals surface area contributed by atoms with Crippen LogP contribution in [0.3, 0.4) is 0 Å². The number of hydrogen-bond donors (Lipinski definition) is 0. The molecule has 0 saturated carbocycles. The molecule has 4 rings (SSSR count). The van der Waals surface area contributed by atoms with Gasteiger partial charge < -0.3 is 14.2 Å².